The van der Waals surface area contributed by atoms with Gasteiger partial charge in [0, 0.05) is 18.3 Å². The van der Waals surface area contributed by atoms with Crippen LogP contribution in [0.1, 0.15) is 23.2 Å². The predicted octanol–water partition coefficient (Wildman–Crippen LogP) is 3.01. The molecule has 0 radical (unpaired) electrons. The molecule has 0 aliphatic carbocycles. The van der Waals surface area contributed by atoms with Gasteiger partial charge in [0.2, 0.25) is 0 Å². The topological polar surface area (TPSA) is 38.0 Å². The van der Waals surface area contributed by atoms with Crippen LogP contribution < -0.4 is 0 Å². The van der Waals surface area contributed by atoms with Gasteiger partial charge in [-0.15, -0.1) is 0 Å². The summed E-state index contributed by atoms with van der Waals surface area (Å²) in [5.41, 5.74) is 1.57. The van der Waals surface area contributed by atoms with Crippen molar-refractivity contribution in [3.63, 3.8) is 0 Å². The van der Waals surface area contributed by atoms with Crippen LogP contribution in [0.4, 0.5) is 13.2 Å². The van der Waals surface area contributed by atoms with Gasteiger partial charge in [0.1, 0.15) is 5.82 Å². The molecule has 3 rings (SSSR count). The van der Waals surface area contributed by atoms with E-state index in [0.29, 0.717) is 12.4 Å². The monoisotopic (exact) mass is 282 g/mol. The summed E-state index contributed by atoms with van der Waals surface area (Å²) in [6.07, 6.45) is -1.83. The lowest BCUT2D eigenvalue weighted by Gasteiger charge is -2.07. The Kier molecular flexibility index (Phi) is 3.05. The molecule has 20 heavy (non-hydrogen) atoms. The van der Waals surface area contributed by atoms with Gasteiger partial charge in [-0.2, -0.15) is 13.2 Å². The maximum Gasteiger partial charge on any atom is 0.434 e. The molecule has 1 aliphatic heterocycles. The molecule has 2 heterocycles. The minimum absolute atomic E-state index is 0.0739. The number of hydrogen-bond acceptors (Lipinski definition) is 2. The number of aliphatic hydroxyl groups is 1. The van der Waals surface area contributed by atoms with Crippen LogP contribution in [0.25, 0.3) is 11.4 Å². The Balaban J connectivity index is 2.14. The number of aryl methyl sites for hydroxylation is 2. The molecular formula is C14H13F3N2O. The van der Waals surface area contributed by atoms with Crippen LogP contribution in [0.15, 0.2) is 24.4 Å². The van der Waals surface area contributed by atoms with Crippen LogP contribution >= 0.6 is 0 Å². The highest BCUT2D eigenvalue weighted by Crippen LogP contribution is 2.34. The van der Waals surface area contributed by atoms with Crippen LogP contribution in [0.2, 0.25) is 0 Å². The highest BCUT2D eigenvalue weighted by Gasteiger charge is 2.35. The fourth-order valence-corrected chi connectivity index (χ4v) is 2.55. The van der Waals surface area contributed by atoms with E-state index in [4.69, 9.17) is 5.11 Å². The molecule has 0 fully saturated rings. The summed E-state index contributed by atoms with van der Waals surface area (Å²) in [6.45, 7) is 0.442. The summed E-state index contributed by atoms with van der Waals surface area (Å²) in [4.78, 5) is 3.75. The molecule has 0 spiro atoms. The Labute approximate surface area is 113 Å². The number of hydrogen-bond donors (Lipinski definition) is 1. The second kappa shape index (κ2) is 4.63. The highest BCUT2D eigenvalue weighted by atomic mass is 19.4. The number of aromatic nitrogens is 2. The number of benzene rings is 1. The molecule has 0 saturated heterocycles. The third-order valence-corrected chi connectivity index (χ3v) is 3.51. The van der Waals surface area contributed by atoms with E-state index in [0.717, 1.165) is 35.7 Å². The maximum absolute atomic E-state index is 12.8. The second-order valence-corrected chi connectivity index (χ2v) is 4.89. The lowest BCUT2D eigenvalue weighted by Crippen LogP contribution is -2.05. The molecule has 3 nitrogen and oxygen atoms in total. The summed E-state index contributed by atoms with van der Waals surface area (Å²) in [7, 11) is 0. The molecular weight excluding hydrogens is 269 g/mol. The van der Waals surface area contributed by atoms with Crippen LogP contribution in [0.3, 0.4) is 0 Å². The summed E-state index contributed by atoms with van der Waals surface area (Å²) in [5, 5.41) is 9.15. The Hall–Kier alpha value is -1.82. The molecule has 0 atom stereocenters. The zero-order valence-electron chi connectivity index (χ0n) is 10.6. The van der Waals surface area contributed by atoms with Crippen LogP contribution in [-0.2, 0) is 25.7 Å². The third-order valence-electron chi connectivity index (χ3n) is 3.51. The third kappa shape index (κ3) is 2.20. The quantitative estimate of drug-likeness (QED) is 0.873. The van der Waals surface area contributed by atoms with Crippen LogP contribution in [0.5, 0.6) is 0 Å². The summed E-state index contributed by atoms with van der Waals surface area (Å²) in [6, 6.07) is 5.30. The largest absolute Gasteiger partial charge is 0.434 e. The van der Waals surface area contributed by atoms with Crippen LogP contribution in [0, 0.1) is 0 Å². The Morgan fingerprint density at radius 1 is 1.30 bits per heavy atom. The number of imidazole rings is 1. The lowest BCUT2D eigenvalue weighted by atomic mass is 10.0. The van der Waals surface area contributed by atoms with Crippen molar-refractivity contribution in [2.75, 3.05) is 0 Å². The second-order valence-electron chi connectivity index (χ2n) is 4.89. The first-order valence-corrected chi connectivity index (χ1v) is 6.36. The Morgan fingerprint density at radius 2 is 2.10 bits per heavy atom. The molecule has 1 aromatic carbocycles. The van der Waals surface area contributed by atoms with Crippen molar-refractivity contribution in [3.05, 3.63) is 41.2 Å². The first-order chi connectivity index (χ1) is 9.49. The maximum atomic E-state index is 12.8. The average molecular weight is 282 g/mol. The number of nitrogens with zero attached hydrogens (tertiary/aromatic N) is 2. The van der Waals surface area contributed by atoms with E-state index < -0.39 is 11.9 Å². The smallest absolute Gasteiger partial charge is 0.392 e. The highest BCUT2D eigenvalue weighted by molar-refractivity contribution is 5.62. The molecule has 0 saturated carbocycles. The molecule has 0 bridgehead atoms. The number of fused-ring (bicyclic) bond motifs is 3. The van der Waals surface area contributed by atoms with Crippen molar-refractivity contribution in [2.24, 2.45) is 0 Å². The molecule has 1 aliphatic rings. The number of rotatable bonds is 1. The van der Waals surface area contributed by atoms with Gasteiger partial charge in [-0.25, -0.2) is 4.98 Å². The van der Waals surface area contributed by atoms with E-state index in [1.165, 1.54) is 0 Å². The van der Waals surface area contributed by atoms with Crippen molar-refractivity contribution in [3.8, 4) is 11.4 Å². The van der Waals surface area contributed by atoms with Gasteiger partial charge < -0.3 is 9.67 Å². The van der Waals surface area contributed by atoms with Gasteiger partial charge in [-0.3, -0.25) is 0 Å². The van der Waals surface area contributed by atoms with Crippen molar-refractivity contribution >= 4 is 0 Å². The zero-order chi connectivity index (χ0) is 14.3. The van der Waals surface area contributed by atoms with Crippen molar-refractivity contribution in [2.45, 2.75) is 32.2 Å². The first-order valence-electron chi connectivity index (χ1n) is 6.36. The Morgan fingerprint density at radius 3 is 2.80 bits per heavy atom. The molecule has 106 valence electrons. The van der Waals surface area contributed by atoms with Gasteiger partial charge >= 0.3 is 6.18 Å². The van der Waals surface area contributed by atoms with E-state index in [-0.39, 0.29) is 6.61 Å². The molecule has 1 aromatic heterocycles. The SMILES string of the molecule is OCc1ccc2c(c1)CCCn1cc(C(F)(F)F)nc1-2. The Bertz CT molecular complexity index is 646. The van der Waals surface area contributed by atoms with E-state index in [1.807, 2.05) is 6.07 Å². The van der Waals surface area contributed by atoms with Gasteiger partial charge in [0.25, 0.3) is 0 Å². The van der Waals surface area contributed by atoms with E-state index >= 15 is 0 Å². The summed E-state index contributed by atoms with van der Waals surface area (Å²) < 4.78 is 39.8. The molecule has 0 unspecified atom stereocenters. The fourth-order valence-electron chi connectivity index (χ4n) is 2.55. The first kappa shape index (κ1) is 13.2. The molecule has 2 aromatic rings. The molecule has 6 heteroatoms. The van der Waals surface area contributed by atoms with E-state index in [9.17, 15) is 13.2 Å². The number of alkyl halides is 3. The van der Waals surface area contributed by atoms with Gasteiger partial charge in [0.15, 0.2) is 5.69 Å². The summed E-state index contributed by atoms with van der Waals surface area (Å²) >= 11 is 0. The number of halogens is 3. The normalized spacial score (nSPS) is 14.6. The van der Waals surface area contributed by atoms with Crippen molar-refractivity contribution < 1.29 is 18.3 Å². The fraction of sp³-hybridized carbons (Fsp3) is 0.357. The van der Waals surface area contributed by atoms with Crippen molar-refractivity contribution in [1.82, 2.24) is 9.55 Å². The van der Waals surface area contributed by atoms with Crippen molar-refractivity contribution in [1.29, 1.82) is 0 Å². The summed E-state index contributed by atoms with van der Waals surface area (Å²) in [5.74, 6) is 0.356. The van der Waals surface area contributed by atoms with Gasteiger partial charge in [-0.1, -0.05) is 18.2 Å². The van der Waals surface area contributed by atoms with Gasteiger partial charge in [-0.05, 0) is 24.0 Å². The molecule has 0 amide bonds. The average Bonchev–Trinajstić information content (AvgIpc) is 2.76. The van der Waals surface area contributed by atoms with E-state index in [2.05, 4.69) is 4.98 Å². The lowest BCUT2D eigenvalue weighted by molar-refractivity contribution is -0.140. The predicted molar refractivity (Wildman–Crippen MR) is 66.9 cm³/mol. The van der Waals surface area contributed by atoms with E-state index in [1.54, 1.807) is 16.7 Å². The van der Waals surface area contributed by atoms with Crippen LogP contribution in [-0.4, -0.2) is 14.7 Å². The molecule has 1 N–H and O–H groups in total. The zero-order valence-corrected chi connectivity index (χ0v) is 10.6. The standard InChI is InChI=1S/C14H13F3N2O/c15-14(16,17)12-7-19-5-1-2-10-6-9(8-20)3-4-11(10)13(19)18-12/h3-4,6-7,20H,1-2,5,8H2. The van der Waals surface area contributed by atoms with Gasteiger partial charge in [0.05, 0.1) is 6.61 Å². The minimum atomic E-state index is -4.43. The minimum Gasteiger partial charge on any atom is -0.392 e. The number of aliphatic hydroxyl groups excluding tert-OH is 1.